The minimum atomic E-state index is -3.57. The summed E-state index contributed by atoms with van der Waals surface area (Å²) in [6.07, 6.45) is 6.47. The minimum absolute atomic E-state index is 0.00173. The topological polar surface area (TPSA) is 136 Å². The summed E-state index contributed by atoms with van der Waals surface area (Å²) in [7, 11) is -3.57. The molecule has 2 fully saturated rings. The SMILES string of the molecule is CC(=O)Nc1cc(Nc2cc(C3CCOCC3)cc(S(C)(=O)=O)n2)c(-c2ccc(N3CC(C)OC(C)C3)cn2)cn1. The Morgan fingerprint density at radius 3 is 2.37 bits per heavy atom. The molecule has 0 aromatic carbocycles. The number of carbonyl (C=O) groups excluding carboxylic acids is 1. The summed E-state index contributed by atoms with van der Waals surface area (Å²) in [5.74, 6) is 0.635. The molecule has 2 atom stereocenters. The van der Waals surface area contributed by atoms with E-state index in [4.69, 9.17) is 14.5 Å². The Labute approximate surface area is 240 Å². The van der Waals surface area contributed by atoms with E-state index in [1.54, 1.807) is 18.3 Å². The molecule has 1 amide bonds. The van der Waals surface area contributed by atoms with Gasteiger partial charge in [-0.3, -0.25) is 9.78 Å². The molecular formula is C29H36N6O5S. The Morgan fingerprint density at radius 1 is 1.00 bits per heavy atom. The molecule has 0 saturated carbocycles. The van der Waals surface area contributed by atoms with Crippen LogP contribution in [0.25, 0.3) is 11.3 Å². The number of hydrogen-bond donors (Lipinski definition) is 2. The Balaban J connectivity index is 1.51. The van der Waals surface area contributed by atoms with E-state index < -0.39 is 9.84 Å². The van der Waals surface area contributed by atoms with Gasteiger partial charge in [0.1, 0.15) is 11.6 Å². The molecule has 2 aliphatic rings. The van der Waals surface area contributed by atoms with Crippen molar-refractivity contribution in [2.45, 2.75) is 56.8 Å². The molecule has 41 heavy (non-hydrogen) atoms. The molecule has 2 N–H and O–H groups in total. The van der Waals surface area contributed by atoms with Gasteiger partial charge < -0.3 is 25.0 Å². The minimum Gasteiger partial charge on any atom is -0.381 e. The summed E-state index contributed by atoms with van der Waals surface area (Å²) in [6, 6.07) is 9.17. The van der Waals surface area contributed by atoms with Gasteiger partial charge in [0.05, 0.1) is 35.5 Å². The van der Waals surface area contributed by atoms with Crippen molar-refractivity contribution in [2.75, 3.05) is 48.1 Å². The largest absolute Gasteiger partial charge is 0.381 e. The number of pyridine rings is 3. The lowest BCUT2D eigenvalue weighted by molar-refractivity contribution is -0.114. The van der Waals surface area contributed by atoms with Crippen molar-refractivity contribution in [1.29, 1.82) is 0 Å². The fourth-order valence-corrected chi connectivity index (χ4v) is 5.93. The van der Waals surface area contributed by atoms with Crippen LogP contribution in [0.15, 0.2) is 47.8 Å². The quantitative estimate of drug-likeness (QED) is 0.419. The first-order valence-corrected chi connectivity index (χ1v) is 15.7. The lowest BCUT2D eigenvalue weighted by Gasteiger charge is -2.36. The average Bonchev–Trinajstić information content (AvgIpc) is 2.92. The second kappa shape index (κ2) is 12.1. The fourth-order valence-electron chi connectivity index (χ4n) is 5.32. The van der Waals surface area contributed by atoms with Gasteiger partial charge in [0.15, 0.2) is 14.9 Å². The number of nitrogens with zero attached hydrogens (tertiary/aromatic N) is 4. The van der Waals surface area contributed by atoms with E-state index in [9.17, 15) is 13.2 Å². The molecule has 11 nitrogen and oxygen atoms in total. The highest BCUT2D eigenvalue weighted by Gasteiger charge is 2.24. The summed E-state index contributed by atoms with van der Waals surface area (Å²) in [4.78, 5) is 27.6. The lowest BCUT2D eigenvalue weighted by Crippen LogP contribution is -2.45. The zero-order valence-corrected chi connectivity index (χ0v) is 24.6. The van der Waals surface area contributed by atoms with Crippen molar-refractivity contribution in [1.82, 2.24) is 15.0 Å². The number of carbonyl (C=O) groups is 1. The highest BCUT2D eigenvalue weighted by Crippen LogP contribution is 2.34. The van der Waals surface area contributed by atoms with E-state index in [1.165, 1.54) is 6.92 Å². The third-order valence-electron chi connectivity index (χ3n) is 7.18. The molecule has 2 aliphatic heterocycles. The van der Waals surface area contributed by atoms with Crippen molar-refractivity contribution >= 4 is 38.8 Å². The van der Waals surface area contributed by atoms with Gasteiger partial charge in [-0.2, -0.15) is 0 Å². The van der Waals surface area contributed by atoms with E-state index in [-0.39, 0.29) is 29.1 Å². The number of morpholine rings is 1. The van der Waals surface area contributed by atoms with Gasteiger partial charge in [-0.25, -0.2) is 18.4 Å². The van der Waals surface area contributed by atoms with Gasteiger partial charge in [-0.15, -0.1) is 0 Å². The molecule has 3 aromatic heterocycles. The Morgan fingerprint density at radius 2 is 1.73 bits per heavy atom. The first-order chi connectivity index (χ1) is 19.5. The molecule has 12 heteroatoms. The molecule has 0 aliphatic carbocycles. The van der Waals surface area contributed by atoms with E-state index in [1.807, 2.05) is 24.4 Å². The summed E-state index contributed by atoms with van der Waals surface area (Å²) in [5, 5.41) is 6.01. The number of amides is 1. The Hall–Kier alpha value is -3.61. The summed E-state index contributed by atoms with van der Waals surface area (Å²) in [5.41, 5.74) is 3.80. The number of ether oxygens (including phenoxy) is 2. The van der Waals surface area contributed by atoms with Crippen LogP contribution in [0.1, 0.15) is 45.1 Å². The van der Waals surface area contributed by atoms with E-state index in [0.29, 0.717) is 41.8 Å². The first kappa shape index (κ1) is 28.9. The maximum atomic E-state index is 12.5. The maximum Gasteiger partial charge on any atom is 0.222 e. The molecule has 2 saturated heterocycles. The second-order valence-electron chi connectivity index (χ2n) is 10.8. The zero-order chi connectivity index (χ0) is 29.1. The molecular weight excluding hydrogens is 544 g/mol. The van der Waals surface area contributed by atoms with Gasteiger partial charge in [-0.1, -0.05) is 0 Å². The summed E-state index contributed by atoms with van der Waals surface area (Å²) >= 11 is 0. The van der Waals surface area contributed by atoms with Crippen molar-refractivity contribution in [3.05, 3.63) is 48.3 Å². The summed E-state index contributed by atoms with van der Waals surface area (Å²) < 4.78 is 36.5. The van der Waals surface area contributed by atoms with Crippen LogP contribution in [0.4, 0.5) is 23.0 Å². The monoisotopic (exact) mass is 580 g/mol. The van der Waals surface area contributed by atoms with Crippen LogP contribution >= 0.6 is 0 Å². The molecule has 5 rings (SSSR count). The Bertz CT molecular complexity index is 1500. The number of nitrogens with one attached hydrogen (secondary N) is 2. The number of anilines is 4. The maximum absolute atomic E-state index is 12.5. The van der Waals surface area contributed by atoms with Gasteiger partial charge in [0.2, 0.25) is 5.91 Å². The predicted molar refractivity (Wildman–Crippen MR) is 157 cm³/mol. The molecule has 0 spiro atoms. The van der Waals surface area contributed by atoms with Crippen molar-refractivity contribution < 1.29 is 22.7 Å². The van der Waals surface area contributed by atoms with Crippen LogP contribution in [-0.4, -0.2) is 74.0 Å². The number of rotatable bonds is 7. The lowest BCUT2D eigenvalue weighted by atomic mass is 9.92. The highest BCUT2D eigenvalue weighted by atomic mass is 32.2. The van der Waals surface area contributed by atoms with Gasteiger partial charge in [-0.05, 0) is 62.4 Å². The van der Waals surface area contributed by atoms with Gasteiger partial charge >= 0.3 is 0 Å². The first-order valence-electron chi connectivity index (χ1n) is 13.8. The van der Waals surface area contributed by atoms with Crippen LogP contribution in [-0.2, 0) is 24.1 Å². The van der Waals surface area contributed by atoms with Crippen LogP contribution in [0.2, 0.25) is 0 Å². The highest BCUT2D eigenvalue weighted by molar-refractivity contribution is 7.90. The molecule has 218 valence electrons. The molecule has 5 heterocycles. The van der Waals surface area contributed by atoms with Crippen molar-refractivity contribution in [3.8, 4) is 11.3 Å². The predicted octanol–water partition coefficient (Wildman–Crippen LogP) is 4.15. The van der Waals surface area contributed by atoms with Gasteiger partial charge in [0.25, 0.3) is 0 Å². The smallest absolute Gasteiger partial charge is 0.222 e. The third kappa shape index (κ3) is 7.19. The average molecular weight is 581 g/mol. The van der Waals surface area contributed by atoms with E-state index in [2.05, 4.69) is 39.3 Å². The normalized spacial score (nSPS) is 20.0. The number of hydrogen-bond acceptors (Lipinski definition) is 10. The van der Waals surface area contributed by atoms with Gasteiger partial charge in [0, 0.05) is 57.3 Å². The Kier molecular flexibility index (Phi) is 8.52. The van der Waals surface area contributed by atoms with E-state index >= 15 is 0 Å². The molecule has 2 unspecified atom stereocenters. The van der Waals surface area contributed by atoms with Crippen molar-refractivity contribution in [3.63, 3.8) is 0 Å². The molecule has 3 aromatic rings. The molecule has 0 radical (unpaired) electrons. The van der Waals surface area contributed by atoms with Crippen LogP contribution in [0.3, 0.4) is 0 Å². The standard InChI is InChI=1S/C29H36N6O5S/c1-18-16-35(17-19(2)40-18)23-5-6-25(30-14-23)24-15-31-27(32-20(3)36)13-26(24)33-28-11-22(21-7-9-39-10-8-21)12-29(34-28)41(4,37)38/h5-6,11-15,18-19,21H,7-10,16-17H2,1-4H3,(H2,31,32,33,34,36). The van der Waals surface area contributed by atoms with Crippen LogP contribution in [0.5, 0.6) is 0 Å². The zero-order valence-electron chi connectivity index (χ0n) is 23.8. The third-order valence-corrected chi connectivity index (χ3v) is 8.15. The summed E-state index contributed by atoms with van der Waals surface area (Å²) in [6.45, 7) is 8.35. The molecule has 0 bridgehead atoms. The van der Waals surface area contributed by atoms with Crippen LogP contribution in [0, 0.1) is 0 Å². The number of sulfone groups is 1. The second-order valence-corrected chi connectivity index (χ2v) is 12.7. The van der Waals surface area contributed by atoms with Crippen LogP contribution < -0.4 is 15.5 Å². The fraction of sp³-hybridized carbons (Fsp3) is 0.448. The number of aromatic nitrogens is 3. The van der Waals surface area contributed by atoms with E-state index in [0.717, 1.165) is 43.4 Å². The van der Waals surface area contributed by atoms with Crippen molar-refractivity contribution in [2.24, 2.45) is 0 Å².